The SMILES string of the molecule is CCN(Cc1ccco1)c1ccc(C(C)N)c(Br)c1. The van der Waals surface area contributed by atoms with E-state index in [9.17, 15) is 0 Å². The lowest BCUT2D eigenvalue weighted by Gasteiger charge is -2.23. The molecule has 0 aliphatic rings. The zero-order valence-electron chi connectivity index (χ0n) is 11.3. The smallest absolute Gasteiger partial charge is 0.123 e. The molecular formula is C15H19BrN2O. The molecule has 1 atom stereocenters. The molecule has 0 fully saturated rings. The molecule has 2 aromatic rings. The molecule has 0 bridgehead atoms. The van der Waals surface area contributed by atoms with Gasteiger partial charge in [-0.15, -0.1) is 0 Å². The van der Waals surface area contributed by atoms with Crippen molar-refractivity contribution < 1.29 is 4.42 Å². The third-order valence-corrected chi connectivity index (χ3v) is 3.84. The Morgan fingerprint density at radius 2 is 2.16 bits per heavy atom. The van der Waals surface area contributed by atoms with Crippen LogP contribution in [0.2, 0.25) is 0 Å². The molecule has 0 radical (unpaired) electrons. The Hall–Kier alpha value is -1.26. The summed E-state index contributed by atoms with van der Waals surface area (Å²) in [5.41, 5.74) is 8.21. The molecule has 0 aliphatic heterocycles. The summed E-state index contributed by atoms with van der Waals surface area (Å²) >= 11 is 3.59. The molecule has 19 heavy (non-hydrogen) atoms. The van der Waals surface area contributed by atoms with E-state index in [-0.39, 0.29) is 6.04 Å². The maximum atomic E-state index is 5.92. The molecule has 1 heterocycles. The van der Waals surface area contributed by atoms with E-state index in [0.717, 1.165) is 34.6 Å². The van der Waals surface area contributed by atoms with Crippen molar-refractivity contribution in [2.75, 3.05) is 11.4 Å². The molecule has 0 saturated heterocycles. The van der Waals surface area contributed by atoms with E-state index >= 15 is 0 Å². The van der Waals surface area contributed by atoms with Gasteiger partial charge in [-0.05, 0) is 43.7 Å². The minimum absolute atomic E-state index is 0.0311. The largest absolute Gasteiger partial charge is 0.467 e. The van der Waals surface area contributed by atoms with Gasteiger partial charge in [0, 0.05) is 22.7 Å². The van der Waals surface area contributed by atoms with Crippen LogP contribution in [0.25, 0.3) is 0 Å². The molecular weight excluding hydrogens is 304 g/mol. The first kappa shape index (κ1) is 14.2. The molecule has 0 saturated carbocycles. The minimum Gasteiger partial charge on any atom is -0.467 e. The van der Waals surface area contributed by atoms with Crippen molar-refractivity contribution in [1.29, 1.82) is 0 Å². The van der Waals surface area contributed by atoms with E-state index in [1.807, 2.05) is 19.1 Å². The van der Waals surface area contributed by atoms with Crippen LogP contribution in [-0.2, 0) is 6.54 Å². The fraction of sp³-hybridized carbons (Fsp3) is 0.333. The van der Waals surface area contributed by atoms with Crippen molar-refractivity contribution in [3.8, 4) is 0 Å². The monoisotopic (exact) mass is 322 g/mol. The molecule has 3 nitrogen and oxygen atoms in total. The Bertz CT molecular complexity index is 523. The van der Waals surface area contributed by atoms with Crippen LogP contribution in [0, 0.1) is 0 Å². The van der Waals surface area contributed by atoms with Gasteiger partial charge in [-0.2, -0.15) is 0 Å². The second-order valence-corrected chi connectivity index (χ2v) is 5.44. The molecule has 1 aromatic heterocycles. The number of rotatable bonds is 5. The van der Waals surface area contributed by atoms with E-state index in [1.54, 1.807) is 6.26 Å². The molecule has 0 aliphatic carbocycles. The topological polar surface area (TPSA) is 42.4 Å². The summed E-state index contributed by atoms with van der Waals surface area (Å²) in [5.74, 6) is 0.967. The Morgan fingerprint density at radius 3 is 2.68 bits per heavy atom. The predicted octanol–water partition coefficient (Wildman–Crippen LogP) is 4.09. The number of anilines is 1. The summed E-state index contributed by atoms with van der Waals surface area (Å²) in [6.45, 7) is 5.81. The molecule has 0 spiro atoms. The maximum absolute atomic E-state index is 5.92. The lowest BCUT2D eigenvalue weighted by molar-refractivity contribution is 0.503. The van der Waals surface area contributed by atoms with Crippen LogP contribution in [-0.4, -0.2) is 6.54 Å². The van der Waals surface area contributed by atoms with E-state index in [0.29, 0.717) is 0 Å². The highest BCUT2D eigenvalue weighted by molar-refractivity contribution is 9.10. The van der Waals surface area contributed by atoms with E-state index < -0.39 is 0 Å². The summed E-state index contributed by atoms with van der Waals surface area (Å²) in [4.78, 5) is 2.26. The highest BCUT2D eigenvalue weighted by Crippen LogP contribution is 2.28. The summed E-state index contributed by atoms with van der Waals surface area (Å²) < 4.78 is 6.46. The number of benzene rings is 1. The van der Waals surface area contributed by atoms with Crippen molar-refractivity contribution in [3.63, 3.8) is 0 Å². The quantitative estimate of drug-likeness (QED) is 0.901. The van der Waals surface area contributed by atoms with Crippen molar-refractivity contribution in [2.45, 2.75) is 26.4 Å². The lowest BCUT2D eigenvalue weighted by atomic mass is 10.1. The first-order valence-corrected chi connectivity index (χ1v) is 7.23. The average molecular weight is 323 g/mol. The third-order valence-electron chi connectivity index (χ3n) is 3.15. The van der Waals surface area contributed by atoms with Gasteiger partial charge in [-0.3, -0.25) is 0 Å². The second kappa shape index (κ2) is 6.26. The average Bonchev–Trinajstić information content (AvgIpc) is 2.88. The molecule has 2 rings (SSSR count). The van der Waals surface area contributed by atoms with Gasteiger partial charge in [0.15, 0.2) is 0 Å². The van der Waals surface area contributed by atoms with E-state index in [2.05, 4.69) is 46.0 Å². The van der Waals surface area contributed by atoms with Crippen LogP contribution < -0.4 is 10.6 Å². The van der Waals surface area contributed by atoms with Crippen molar-refractivity contribution in [3.05, 3.63) is 52.4 Å². The Kier molecular flexibility index (Phi) is 4.66. The lowest BCUT2D eigenvalue weighted by Crippen LogP contribution is -2.21. The van der Waals surface area contributed by atoms with Crippen LogP contribution in [0.5, 0.6) is 0 Å². The van der Waals surface area contributed by atoms with Gasteiger partial charge >= 0.3 is 0 Å². The first-order valence-electron chi connectivity index (χ1n) is 6.44. The molecule has 102 valence electrons. The predicted molar refractivity (Wildman–Crippen MR) is 82.2 cm³/mol. The van der Waals surface area contributed by atoms with Gasteiger partial charge < -0.3 is 15.1 Å². The summed E-state index contributed by atoms with van der Waals surface area (Å²) in [6.07, 6.45) is 1.71. The van der Waals surface area contributed by atoms with Crippen molar-refractivity contribution >= 4 is 21.6 Å². The second-order valence-electron chi connectivity index (χ2n) is 4.59. The third kappa shape index (κ3) is 3.39. The van der Waals surface area contributed by atoms with Gasteiger partial charge in [0.25, 0.3) is 0 Å². The molecule has 1 unspecified atom stereocenters. The number of hydrogen-bond donors (Lipinski definition) is 1. The van der Waals surface area contributed by atoms with Crippen molar-refractivity contribution in [1.82, 2.24) is 0 Å². The van der Waals surface area contributed by atoms with Gasteiger partial charge in [0.05, 0.1) is 12.8 Å². The zero-order chi connectivity index (χ0) is 13.8. The summed E-state index contributed by atoms with van der Waals surface area (Å²) in [6, 6.07) is 10.2. The Labute approximate surface area is 122 Å². The van der Waals surface area contributed by atoms with Gasteiger partial charge in [-0.25, -0.2) is 0 Å². The molecule has 1 aromatic carbocycles. The Morgan fingerprint density at radius 1 is 1.37 bits per heavy atom. The summed E-state index contributed by atoms with van der Waals surface area (Å²) in [7, 11) is 0. The van der Waals surface area contributed by atoms with Crippen LogP contribution in [0.15, 0.2) is 45.5 Å². The van der Waals surface area contributed by atoms with Gasteiger partial charge in [0.1, 0.15) is 5.76 Å². The van der Waals surface area contributed by atoms with Crippen LogP contribution in [0.3, 0.4) is 0 Å². The van der Waals surface area contributed by atoms with E-state index in [1.165, 1.54) is 0 Å². The zero-order valence-corrected chi connectivity index (χ0v) is 12.9. The highest BCUT2D eigenvalue weighted by atomic mass is 79.9. The number of hydrogen-bond acceptors (Lipinski definition) is 3. The molecule has 4 heteroatoms. The van der Waals surface area contributed by atoms with Crippen LogP contribution in [0.1, 0.15) is 31.2 Å². The van der Waals surface area contributed by atoms with Gasteiger partial charge in [-0.1, -0.05) is 22.0 Å². The number of nitrogens with zero attached hydrogens (tertiary/aromatic N) is 1. The highest BCUT2D eigenvalue weighted by Gasteiger charge is 2.11. The van der Waals surface area contributed by atoms with Crippen LogP contribution >= 0.6 is 15.9 Å². The first-order chi connectivity index (χ1) is 9.11. The standard InChI is InChI=1S/C15H19BrN2O/c1-3-18(10-13-5-4-8-19-13)12-6-7-14(11(2)17)15(16)9-12/h4-9,11H,3,10,17H2,1-2H3. The molecule has 0 amide bonds. The number of nitrogens with two attached hydrogens (primary N) is 1. The van der Waals surface area contributed by atoms with Crippen LogP contribution in [0.4, 0.5) is 5.69 Å². The van der Waals surface area contributed by atoms with Crippen molar-refractivity contribution in [2.24, 2.45) is 5.73 Å². The maximum Gasteiger partial charge on any atom is 0.123 e. The van der Waals surface area contributed by atoms with Gasteiger partial charge in [0.2, 0.25) is 0 Å². The number of halogens is 1. The fourth-order valence-corrected chi connectivity index (χ4v) is 2.79. The Balaban J connectivity index is 2.21. The number of furan rings is 1. The summed E-state index contributed by atoms with van der Waals surface area (Å²) in [5, 5.41) is 0. The normalized spacial score (nSPS) is 12.4. The molecule has 2 N–H and O–H groups in total. The minimum atomic E-state index is 0.0311. The fourth-order valence-electron chi connectivity index (χ4n) is 2.06. The van der Waals surface area contributed by atoms with E-state index in [4.69, 9.17) is 10.2 Å².